The number of hydrogen-bond donors (Lipinski definition) is 1. The van der Waals surface area contributed by atoms with E-state index in [2.05, 4.69) is 26.8 Å². The number of aromatic nitrogens is 2. The Morgan fingerprint density at radius 2 is 2.15 bits per heavy atom. The first-order chi connectivity index (χ1) is 12.7. The van der Waals surface area contributed by atoms with Gasteiger partial charge in [0.05, 0.1) is 5.69 Å². The molecular weight excluding hydrogens is 344 g/mol. The SMILES string of the molecule is CN(CCc1ccccc1)C(=O)c1nc2sccn2c1CNC1CCC1. The second kappa shape index (κ2) is 7.60. The minimum absolute atomic E-state index is 0.00207. The Balaban J connectivity index is 1.48. The summed E-state index contributed by atoms with van der Waals surface area (Å²) in [7, 11) is 1.86. The maximum Gasteiger partial charge on any atom is 0.274 e. The Morgan fingerprint density at radius 3 is 2.88 bits per heavy atom. The third-order valence-corrected chi connectivity index (χ3v) is 5.91. The van der Waals surface area contributed by atoms with Gasteiger partial charge in [-0.2, -0.15) is 0 Å². The van der Waals surface area contributed by atoms with Crippen LogP contribution in [0, 0.1) is 0 Å². The van der Waals surface area contributed by atoms with Gasteiger partial charge in [0.25, 0.3) is 5.91 Å². The number of thiazole rings is 1. The quantitative estimate of drug-likeness (QED) is 0.696. The molecule has 1 fully saturated rings. The molecule has 2 aromatic heterocycles. The minimum Gasteiger partial charge on any atom is -0.340 e. The summed E-state index contributed by atoms with van der Waals surface area (Å²) < 4.78 is 2.05. The van der Waals surface area contributed by atoms with Crippen molar-refractivity contribution < 1.29 is 4.79 Å². The molecule has 0 bridgehead atoms. The molecule has 0 radical (unpaired) electrons. The van der Waals surface area contributed by atoms with Crippen LogP contribution in [-0.4, -0.2) is 39.8 Å². The number of rotatable bonds is 7. The van der Waals surface area contributed by atoms with E-state index in [-0.39, 0.29) is 5.91 Å². The Kier molecular flexibility index (Phi) is 5.04. The molecule has 1 N–H and O–H groups in total. The lowest BCUT2D eigenvalue weighted by molar-refractivity contribution is 0.0790. The van der Waals surface area contributed by atoms with Gasteiger partial charge in [-0.15, -0.1) is 11.3 Å². The van der Waals surface area contributed by atoms with Crippen LogP contribution < -0.4 is 5.32 Å². The van der Waals surface area contributed by atoms with Crippen LogP contribution in [0.25, 0.3) is 4.96 Å². The average molecular weight is 369 g/mol. The van der Waals surface area contributed by atoms with Crippen LogP contribution in [0.5, 0.6) is 0 Å². The van der Waals surface area contributed by atoms with Gasteiger partial charge in [-0.1, -0.05) is 36.8 Å². The van der Waals surface area contributed by atoms with E-state index in [1.54, 1.807) is 16.2 Å². The van der Waals surface area contributed by atoms with Gasteiger partial charge in [0, 0.05) is 37.8 Å². The van der Waals surface area contributed by atoms with Gasteiger partial charge in [-0.25, -0.2) is 4.98 Å². The summed E-state index contributed by atoms with van der Waals surface area (Å²) in [6, 6.07) is 10.9. The van der Waals surface area contributed by atoms with Crippen molar-refractivity contribution in [2.45, 2.75) is 38.3 Å². The zero-order valence-corrected chi connectivity index (χ0v) is 15.8. The molecule has 3 aromatic rings. The Morgan fingerprint density at radius 1 is 1.35 bits per heavy atom. The van der Waals surface area contributed by atoms with Crippen LogP contribution in [0.2, 0.25) is 0 Å². The molecule has 2 heterocycles. The molecule has 5 nitrogen and oxygen atoms in total. The molecule has 1 saturated carbocycles. The Hall–Kier alpha value is -2.18. The fraction of sp³-hybridized carbons (Fsp3) is 0.400. The molecule has 0 spiro atoms. The maximum absolute atomic E-state index is 13.0. The maximum atomic E-state index is 13.0. The van der Waals surface area contributed by atoms with E-state index in [1.807, 2.05) is 36.8 Å². The predicted molar refractivity (Wildman–Crippen MR) is 105 cm³/mol. The molecule has 1 aliphatic carbocycles. The van der Waals surface area contributed by atoms with Crippen molar-refractivity contribution in [3.63, 3.8) is 0 Å². The van der Waals surface area contributed by atoms with Gasteiger partial charge in [-0.05, 0) is 24.8 Å². The number of carbonyl (C=O) groups excluding carboxylic acids is 1. The third kappa shape index (κ3) is 3.52. The summed E-state index contributed by atoms with van der Waals surface area (Å²) in [6.07, 6.45) is 6.61. The molecule has 1 aromatic carbocycles. The Labute approximate surface area is 157 Å². The molecule has 0 atom stereocenters. The highest BCUT2D eigenvalue weighted by atomic mass is 32.1. The van der Waals surface area contributed by atoms with Crippen LogP contribution in [0.4, 0.5) is 0 Å². The lowest BCUT2D eigenvalue weighted by atomic mass is 9.93. The number of hydrogen-bond acceptors (Lipinski definition) is 4. The van der Waals surface area contributed by atoms with Gasteiger partial charge in [0.15, 0.2) is 10.7 Å². The highest BCUT2D eigenvalue weighted by molar-refractivity contribution is 7.15. The number of amides is 1. The first-order valence-electron chi connectivity index (χ1n) is 9.19. The van der Waals surface area contributed by atoms with Crippen LogP contribution in [0.1, 0.15) is 41.0 Å². The van der Waals surface area contributed by atoms with Crippen molar-refractivity contribution >= 4 is 22.2 Å². The fourth-order valence-corrected chi connectivity index (χ4v) is 3.98. The zero-order chi connectivity index (χ0) is 17.9. The lowest BCUT2D eigenvalue weighted by Crippen LogP contribution is -2.36. The topological polar surface area (TPSA) is 49.6 Å². The van der Waals surface area contributed by atoms with E-state index in [0.717, 1.165) is 17.1 Å². The second-order valence-corrected chi connectivity index (χ2v) is 7.81. The molecule has 4 rings (SSSR count). The van der Waals surface area contributed by atoms with E-state index in [1.165, 1.54) is 24.8 Å². The van der Waals surface area contributed by atoms with Gasteiger partial charge in [0.2, 0.25) is 0 Å². The van der Waals surface area contributed by atoms with Gasteiger partial charge in [-0.3, -0.25) is 9.20 Å². The summed E-state index contributed by atoms with van der Waals surface area (Å²) in [6.45, 7) is 1.37. The number of fused-ring (bicyclic) bond motifs is 1. The molecule has 26 heavy (non-hydrogen) atoms. The predicted octanol–water partition coefficient (Wildman–Crippen LogP) is 3.35. The number of carbonyl (C=O) groups is 1. The van der Waals surface area contributed by atoms with Crippen molar-refractivity contribution in [3.8, 4) is 0 Å². The van der Waals surface area contributed by atoms with Crippen molar-refractivity contribution in [1.29, 1.82) is 0 Å². The lowest BCUT2D eigenvalue weighted by Gasteiger charge is -2.26. The van der Waals surface area contributed by atoms with E-state index in [9.17, 15) is 4.79 Å². The normalized spacial score (nSPS) is 14.5. The molecular formula is C20H24N4OS. The number of benzene rings is 1. The van der Waals surface area contributed by atoms with E-state index >= 15 is 0 Å². The molecule has 136 valence electrons. The van der Waals surface area contributed by atoms with Gasteiger partial charge in [0.1, 0.15) is 0 Å². The zero-order valence-electron chi connectivity index (χ0n) is 15.0. The molecule has 6 heteroatoms. The first kappa shape index (κ1) is 17.2. The molecule has 1 aliphatic rings. The highest BCUT2D eigenvalue weighted by Gasteiger charge is 2.24. The van der Waals surface area contributed by atoms with Gasteiger partial charge >= 0.3 is 0 Å². The summed E-state index contributed by atoms with van der Waals surface area (Å²) in [5.41, 5.74) is 2.80. The van der Waals surface area contributed by atoms with E-state index in [4.69, 9.17) is 0 Å². The smallest absolute Gasteiger partial charge is 0.274 e. The monoisotopic (exact) mass is 368 g/mol. The number of likely N-dealkylation sites (N-methyl/N-ethyl adjacent to an activating group) is 1. The largest absolute Gasteiger partial charge is 0.340 e. The van der Waals surface area contributed by atoms with Crippen molar-refractivity contribution in [2.75, 3.05) is 13.6 Å². The number of imidazole rings is 1. The van der Waals surface area contributed by atoms with Crippen molar-refractivity contribution in [2.24, 2.45) is 0 Å². The molecule has 0 unspecified atom stereocenters. The molecule has 1 amide bonds. The van der Waals surface area contributed by atoms with Crippen molar-refractivity contribution in [1.82, 2.24) is 19.6 Å². The fourth-order valence-electron chi connectivity index (χ4n) is 3.25. The van der Waals surface area contributed by atoms with Crippen molar-refractivity contribution in [3.05, 3.63) is 58.9 Å². The summed E-state index contributed by atoms with van der Waals surface area (Å²) in [4.78, 5) is 20.3. The second-order valence-electron chi connectivity index (χ2n) is 6.93. The molecule has 0 saturated heterocycles. The van der Waals surface area contributed by atoms with E-state index in [0.29, 0.717) is 24.8 Å². The Bertz CT molecular complexity index is 882. The highest BCUT2D eigenvalue weighted by Crippen LogP contribution is 2.22. The molecule has 0 aliphatic heterocycles. The minimum atomic E-state index is 0.00207. The van der Waals surface area contributed by atoms with Crippen LogP contribution in [0.3, 0.4) is 0 Å². The first-order valence-corrected chi connectivity index (χ1v) is 10.1. The third-order valence-electron chi connectivity index (χ3n) is 5.15. The number of nitrogens with one attached hydrogen (secondary N) is 1. The summed E-state index contributed by atoms with van der Waals surface area (Å²) in [5.74, 6) is 0.00207. The summed E-state index contributed by atoms with van der Waals surface area (Å²) in [5, 5.41) is 5.58. The van der Waals surface area contributed by atoms with Crippen LogP contribution >= 0.6 is 11.3 Å². The number of nitrogens with zero attached hydrogens (tertiary/aromatic N) is 3. The van der Waals surface area contributed by atoms with E-state index < -0.39 is 0 Å². The van der Waals surface area contributed by atoms with Crippen LogP contribution in [-0.2, 0) is 13.0 Å². The average Bonchev–Trinajstić information content (AvgIpc) is 3.20. The standard InChI is InChI=1S/C20H24N4OS/c1-23(11-10-15-6-3-2-4-7-15)19(25)18-17(14-21-16-8-5-9-16)24-12-13-26-20(24)22-18/h2-4,6-7,12-13,16,21H,5,8-11,14H2,1H3. The summed E-state index contributed by atoms with van der Waals surface area (Å²) >= 11 is 1.57. The van der Waals surface area contributed by atoms with Crippen LogP contribution in [0.15, 0.2) is 41.9 Å². The van der Waals surface area contributed by atoms with Gasteiger partial charge < -0.3 is 10.2 Å².